The van der Waals surface area contributed by atoms with Crippen LogP contribution in [-0.2, 0) is 169 Å². The number of hydrogen-bond donors (Lipinski definition) is 0. The standard InChI is InChI=1S/Nd.18O.6V.Y/q+3;;;;;;;;;;;;;6*-1;;;;;;;+3. The van der Waals surface area contributed by atoms with Gasteiger partial charge in [-0.15, -0.1) is 0 Å². The van der Waals surface area contributed by atoms with Gasteiger partial charge in [0, 0.05) is 0 Å². The van der Waals surface area contributed by atoms with E-state index < -0.39 is 92.4 Å². The van der Waals surface area contributed by atoms with Crippen molar-refractivity contribution in [3.63, 3.8) is 0 Å². The van der Waals surface area contributed by atoms with Crippen LogP contribution in [0.5, 0.6) is 0 Å². The fourth-order valence-electron chi connectivity index (χ4n) is 0. The summed E-state index contributed by atoms with van der Waals surface area (Å²) in [6.07, 6.45) is 0. The predicted molar refractivity (Wildman–Crippen MR) is 8.24 cm³/mol. The molecule has 0 aliphatic heterocycles. The van der Waals surface area contributed by atoms with E-state index in [1.807, 2.05) is 0 Å². The van der Waals surface area contributed by atoms with E-state index in [1.165, 1.54) is 0 Å². The SMILES string of the molecule is [Nd+3].[O]=[V](=[O])[O-].[O]=[V](=[O])[O-].[O]=[V](=[O])[O-].[O]=[V](=[O])[O-].[O]=[V](=[O])[O-].[O]=[V](=[O])[O-].[Y+3]. The van der Waals surface area contributed by atoms with E-state index in [-0.39, 0.29) is 73.5 Å². The summed E-state index contributed by atoms with van der Waals surface area (Å²) in [5.41, 5.74) is 0. The van der Waals surface area contributed by atoms with E-state index in [2.05, 4.69) is 0 Å². The monoisotopic (exact) mass is 824 g/mol. The third-order valence-corrected chi connectivity index (χ3v) is 0. The molecule has 0 unspecified atom stereocenters. The molecule has 0 heterocycles. The summed E-state index contributed by atoms with van der Waals surface area (Å²) >= 11 is -23.6. The fourth-order valence-corrected chi connectivity index (χ4v) is 0. The van der Waals surface area contributed by atoms with Crippen LogP contribution in [0, 0.1) is 40.8 Å². The van der Waals surface area contributed by atoms with Gasteiger partial charge < -0.3 is 0 Å². The van der Waals surface area contributed by atoms with Crippen LogP contribution in [0.3, 0.4) is 0 Å². The van der Waals surface area contributed by atoms with Crippen LogP contribution < -0.4 is 24.2 Å². The van der Waals surface area contributed by atoms with Gasteiger partial charge in [-0.25, -0.2) is 0 Å². The first-order valence-corrected chi connectivity index (χ1v) is 13.5. The Bertz CT molecular complexity index is 477. The minimum absolute atomic E-state index is 0. The molecule has 0 amide bonds. The van der Waals surface area contributed by atoms with E-state index in [0.717, 1.165) is 0 Å². The maximum atomic E-state index is 8.56. The molecule has 18 nitrogen and oxygen atoms in total. The zero-order chi connectivity index (χ0) is 21.5. The van der Waals surface area contributed by atoms with Crippen molar-refractivity contribution < 1.29 is 234 Å². The molecule has 26 heavy (non-hydrogen) atoms. The van der Waals surface area contributed by atoms with Crippen molar-refractivity contribution in [1.82, 2.24) is 0 Å². The Morgan fingerprint density at radius 1 is 0.308 bits per heavy atom. The van der Waals surface area contributed by atoms with Crippen molar-refractivity contribution in [3.8, 4) is 0 Å². The summed E-state index contributed by atoms with van der Waals surface area (Å²) in [5.74, 6) is 0. The van der Waals surface area contributed by atoms with Crippen LogP contribution in [0.1, 0.15) is 0 Å². The Balaban J connectivity index is -0.0000000245. The summed E-state index contributed by atoms with van der Waals surface area (Å²) in [7, 11) is 0. The molecule has 26 heteroatoms. The number of hydrogen-bond acceptors (Lipinski definition) is 18. The second kappa shape index (κ2) is 46.5. The average Bonchev–Trinajstić information content (AvgIpc) is 2.08. The summed E-state index contributed by atoms with van der Waals surface area (Å²) in [6, 6.07) is 0. The third-order valence-electron chi connectivity index (χ3n) is 0. The Labute approximate surface area is 229 Å². The second-order valence-electron chi connectivity index (χ2n) is 1.34. The average molecular weight is 827 g/mol. The molecule has 0 aliphatic rings. The van der Waals surface area contributed by atoms with Crippen molar-refractivity contribution in [3.05, 3.63) is 0 Å². The first-order valence-electron chi connectivity index (χ1n) is 3.29. The summed E-state index contributed by atoms with van der Waals surface area (Å²) in [4.78, 5) is 0. The van der Waals surface area contributed by atoms with Gasteiger partial charge in [-0.2, -0.15) is 0 Å². The van der Waals surface area contributed by atoms with Crippen molar-refractivity contribution in [1.29, 1.82) is 0 Å². The van der Waals surface area contributed by atoms with Crippen LogP contribution in [0.15, 0.2) is 0 Å². The van der Waals surface area contributed by atoms with Crippen molar-refractivity contribution in [2.45, 2.75) is 0 Å². The van der Waals surface area contributed by atoms with Crippen LogP contribution in [0.2, 0.25) is 0 Å². The fraction of sp³-hybridized carbons (Fsp3) is 0. The smallest absolute Gasteiger partial charge is 3.00 e. The molecule has 0 N–H and O–H groups in total. The van der Waals surface area contributed by atoms with Crippen molar-refractivity contribution in [2.24, 2.45) is 0 Å². The molecule has 0 aromatic rings. The van der Waals surface area contributed by atoms with Crippen LogP contribution in [0.25, 0.3) is 0 Å². The minimum atomic E-state index is -3.94. The second-order valence-corrected chi connectivity index (χ2v) is 5.53. The van der Waals surface area contributed by atoms with E-state index in [1.54, 1.807) is 0 Å². The summed E-state index contributed by atoms with van der Waals surface area (Å²) in [6.45, 7) is 0. The molecule has 0 aliphatic carbocycles. The molecular formula is NdO18V6Y. The predicted octanol–water partition coefficient (Wildman–Crippen LogP) is -8.58. The Kier molecular flexibility index (Phi) is 92.5. The molecule has 0 spiro atoms. The molecule has 0 saturated heterocycles. The van der Waals surface area contributed by atoms with Crippen molar-refractivity contribution >= 4 is 0 Å². The van der Waals surface area contributed by atoms with Gasteiger partial charge >= 0.3 is 234 Å². The van der Waals surface area contributed by atoms with E-state index in [4.69, 9.17) is 68.3 Å². The minimum Gasteiger partial charge on any atom is 3.00 e. The molecule has 0 aromatic heterocycles. The summed E-state index contributed by atoms with van der Waals surface area (Å²) in [5, 5.41) is 0. The largest absolute Gasteiger partial charge is 3.00 e. The summed E-state index contributed by atoms with van der Waals surface area (Å²) < 4.78 is 154. The van der Waals surface area contributed by atoms with Gasteiger partial charge in [0.1, 0.15) is 0 Å². The normalized spacial score (nSPS) is 5.77. The van der Waals surface area contributed by atoms with Crippen molar-refractivity contribution in [2.75, 3.05) is 0 Å². The van der Waals surface area contributed by atoms with Gasteiger partial charge in [-0.3, -0.25) is 0 Å². The Hall–Kier alpha value is 3.32. The maximum Gasteiger partial charge on any atom is 3.00 e. The van der Waals surface area contributed by atoms with Gasteiger partial charge in [0.05, 0.1) is 0 Å². The Morgan fingerprint density at radius 2 is 0.308 bits per heavy atom. The molecule has 145 valence electrons. The van der Waals surface area contributed by atoms with Crippen LogP contribution in [0.4, 0.5) is 0 Å². The number of rotatable bonds is 0. The van der Waals surface area contributed by atoms with E-state index >= 15 is 0 Å². The molecular weight excluding hydrogens is 827 g/mol. The molecule has 1 radical (unpaired) electrons. The van der Waals surface area contributed by atoms with Crippen LogP contribution >= 0.6 is 0 Å². The zero-order valence-electron chi connectivity index (χ0n) is 11.1. The van der Waals surface area contributed by atoms with Gasteiger partial charge in [0.15, 0.2) is 0 Å². The van der Waals surface area contributed by atoms with E-state index in [0.29, 0.717) is 0 Å². The Morgan fingerprint density at radius 3 is 0.308 bits per heavy atom. The molecule has 0 saturated carbocycles. The zero-order valence-corrected chi connectivity index (χ0v) is 25.5. The third kappa shape index (κ3) is 1720. The van der Waals surface area contributed by atoms with Gasteiger partial charge in [-0.05, 0) is 0 Å². The molecule has 0 rings (SSSR count). The van der Waals surface area contributed by atoms with Gasteiger partial charge in [0.25, 0.3) is 0 Å². The van der Waals surface area contributed by atoms with E-state index in [9.17, 15) is 0 Å². The maximum absolute atomic E-state index is 8.56. The van der Waals surface area contributed by atoms with Gasteiger partial charge in [0.2, 0.25) is 0 Å². The van der Waals surface area contributed by atoms with Crippen LogP contribution in [-0.4, -0.2) is 0 Å². The molecule has 0 atom stereocenters. The quantitative estimate of drug-likeness (QED) is 0.219. The van der Waals surface area contributed by atoms with Gasteiger partial charge in [-0.1, -0.05) is 0 Å². The molecule has 0 bridgehead atoms. The topological polar surface area (TPSA) is 343 Å². The molecule has 0 fully saturated rings. The first-order chi connectivity index (χ1) is 10.4. The molecule has 0 aromatic carbocycles. The first kappa shape index (κ1) is 51.7.